The summed E-state index contributed by atoms with van der Waals surface area (Å²) in [6.07, 6.45) is 0. The van der Waals surface area contributed by atoms with E-state index >= 15 is 0 Å². The van der Waals surface area contributed by atoms with Gasteiger partial charge in [-0.2, -0.15) is 0 Å². The minimum Gasteiger partial charge on any atom is -0.378 e. The van der Waals surface area contributed by atoms with Crippen molar-refractivity contribution >= 4 is 29.2 Å². The van der Waals surface area contributed by atoms with Crippen LogP contribution in [0.2, 0.25) is 0 Å². The van der Waals surface area contributed by atoms with Crippen molar-refractivity contribution in [1.29, 1.82) is 0 Å². The van der Waals surface area contributed by atoms with Gasteiger partial charge in [0.25, 0.3) is 0 Å². The number of thiocarbonyl (C=S) groups is 1. The SMILES string of the molecule is CC.S=C(S)N1CCOCC1. The Morgan fingerprint density at radius 3 is 2.09 bits per heavy atom. The van der Waals surface area contributed by atoms with Crippen molar-refractivity contribution in [3.8, 4) is 0 Å². The Labute approximate surface area is 79.3 Å². The Kier molecular flexibility index (Phi) is 7.01. The summed E-state index contributed by atoms with van der Waals surface area (Å²) in [6.45, 7) is 7.34. The topological polar surface area (TPSA) is 12.5 Å². The van der Waals surface area contributed by atoms with Crippen LogP contribution in [-0.2, 0) is 4.74 Å². The number of morpholine rings is 1. The third-order valence-electron chi connectivity index (χ3n) is 1.28. The van der Waals surface area contributed by atoms with Gasteiger partial charge in [0.1, 0.15) is 4.32 Å². The molecule has 0 aromatic rings. The van der Waals surface area contributed by atoms with E-state index in [0.29, 0.717) is 4.32 Å². The van der Waals surface area contributed by atoms with Gasteiger partial charge in [0.15, 0.2) is 0 Å². The summed E-state index contributed by atoms with van der Waals surface area (Å²) in [6, 6.07) is 0. The van der Waals surface area contributed by atoms with E-state index in [1.807, 2.05) is 18.7 Å². The predicted molar refractivity (Wildman–Crippen MR) is 55.3 cm³/mol. The molecule has 1 heterocycles. The molecule has 0 aromatic heterocycles. The van der Waals surface area contributed by atoms with E-state index in [9.17, 15) is 0 Å². The molecule has 0 atom stereocenters. The van der Waals surface area contributed by atoms with Crippen LogP contribution in [0.15, 0.2) is 0 Å². The Balaban J connectivity index is 0.000000461. The molecule has 4 heteroatoms. The Morgan fingerprint density at radius 2 is 1.82 bits per heavy atom. The van der Waals surface area contributed by atoms with E-state index in [0.717, 1.165) is 26.3 Å². The van der Waals surface area contributed by atoms with Gasteiger partial charge in [-0.05, 0) is 0 Å². The number of hydrogen-bond acceptors (Lipinski definition) is 2. The first-order valence-electron chi connectivity index (χ1n) is 3.86. The molecule has 0 spiro atoms. The fourth-order valence-corrected chi connectivity index (χ4v) is 1.14. The normalized spacial score (nSPS) is 16.8. The van der Waals surface area contributed by atoms with Crippen LogP contribution in [0.25, 0.3) is 0 Å². The van der Waals surface area contributed by atoms with Crippen LogP contribution in [0.1, 0.15) is 13.8 Å². The maximum atomic E-state index is 5.11. The third kappa shape index (κ3) is 4.61. The van der Waals surface area contributed by atoms with Gasteiger partial charge >= 0.3 is 0 Å². The first-order chi connectivity index (χ1) is 5.30. The smallest absolute Gasteiger partial charge is 0.133 e. The number of nitrogens with zero attached hydrogens (tertiary/aromatic N) is 1. The van der Waals surface area contributed by atoms with Crippen LogP contribution in [0.3, 0.4) is 0 Å². The van der Waals surface area contributed by atoms with Gasteiger partial charge in [-0.25, -0.2) is 0 Å². The predicted octanol–water partition coefficient (Wildman–Crippen LogP) is 1.56. The van der Waals surface area contributed by atoms with Crippen molar-refractivity contribution in [2.45, 2.75) is 13.8 Å². The first-order valence-corrected chi connectivity index (χ1v) is 4.72. The number of ether oxygens (including phenoxy) is 1. The zero-order chi connectivity index (χ0) is 8.69. The van der Waals surface area contributed by atoms with Gasteiger partial charge < -0.3 is 9.64 Å². The molecule has 66 valence electrons. The van der Waals surface area contributed by atoms with Crippen molar-refractivity contribution in [3.63, 3.8) is 0 Å². The average Bonchev–Trinajstić information content (AvgIpc) is 2.10. The molecule has 11 heavy (non-hydrogen) atoms. The monoisotopic (exact) mass is 193 g/mol. The fourth-order valence-electron chi connectivity index (χ4n) is 0.755. The lowest BCUT2D eigenvalue weighted by Crippen LogP contribution is -2.37. The molecule has 1 saturated heterocycles. The van der Waals surface area contributed by atoms with Gasteiger partial charge in [0.2, 0.25) is 0 Å². The molecular weight excluding hydrogens is 178 g/mol. The lowest BCUT2D eigenvalue weighted by atomic mass is 10.5. The maximum Gasteiger partial charge on any atom is 0.133 e. The minimum absolute atomic E-state index is 0.679. The van der Waals surface area contributed by atoms with E-state index in [2.05, 4.69) is 12.6 Å². The van der Waals surface area contributed by atoms with Gasteiger partial charge in [0.05, 0.1) is 13.2 Å². The van der Waals surface area contributed by atoms with Crippen molar-refractivity contribution < 1.29 is 4.74 Å². The Morgan fingerprint density at radius 1 is 1.36 bits per heavy atom. The highest BCUT2D eigenvalue weighted by molar-refractivity contribution is 8.10. The number of thiol groups is 1. The highest BCUT2D eigenvalue weighted by atomic mass is 32.1. The van der Waals surface area contributed by atoms with E-state index in [1.165, 1.54) is 0 Å². The second-order valence-electron chi connectivity index (χ2n) is 1.88. The summed E-state index contributed by atoms with van der Waals surface area (Å²) in [4.78, 5) is 2.03. The first kappa shape index (κ1) is 11.2. The van der Waals surface area contributed by atoms with E-state index < -0.39 is 0 Å². The maximum absolute atomic E-state index is 5.11. The van der Waals surface area contributed by atoms with Crippen molar-refractivity contribution in [2.75, 3.05) is 26.3 Å². The molecule has 0 bridgehead atoms. The van der Waals surface area contributed by atoms with Gasteiger partial charge in [0, 0.05) is 13.1 Å². The Hall–Kier alpha value is 0.200. The second-order valence-corrected chi connectivity index (χ2v) is 2.99. The largest absolute Gasteiger partial charge is 0.378 e. The van der Waals surface area contributed by atoms with Crippen LogP contribution in [0.4, 0.5) is 0 Å². The highest BCUT2D eigenvalue weighted by Crippen LogP contribution is 2.00. The molecule has 1 aliphatic rings. The Bertz CT molecular complexity index is 113. The van der Waals surface area contributed by atoms with Crippen LogP contribution >= 0.6 is 24.8 Å². The van der Waals surface area contributed by atoms with Gasteiger partial charge in [-0.15, -0.1) is 12.6 Å². The van der Waals surface area contributed by atoms with Crippen molar-refractivity contribution in [2.24, 2.45) is 0 Å². The molecule has 1 rings (SSSR count). The lowest BCUT2D eigenvalue weighted by Gasteiger charge is -2.26. The van der Waals surface area contributed by atoms with Crippen LogP contribution < -0.4 is 0 Å². The second kappa shape index (κ2) is 6.88. The molecule has 0 unspecified atom stereocenters. The third-order valence-corrected chi connectivity index (χ3v) is 1.82. The van der Waals surface area contributed by atoms with Crippen molar-refractivity contribution in [3.05, 3.63) is 0 Å². The fraction of sp³-hybridized carbons (Fsp3) is 0.857. The summed E-state index contributed by atoms with van der Waals surface area (Å²) >= 11 is 8.89. The lowest BCUT2D eigenvalue weighted by molar-refractivity contribution is 0.0703. The molecule has 2 nitrogen and oxygen atoms in total. The summed E-state index contributed by atoms with van der Waals surface area (Å²) in [5, 5.41) is 0. The minimum atomic E-state index is 0.679. The summed E-state index contributed by atoms with van der Waals surface area (Å²) in [7, 11) is 0. The van der Waals surface area contributed by atoms with Crippen LogP contribution in [0.5, 0.6) is 0 Å². The molecule has 0 radical (unpaired) electrons. The quantitative estimate of drug-likeness (QED) is 0.463. The number of rotatable bonds is 0. The zero-order valence-corrected chi connectivity index (χ0v) is 8.75. The highest BCUT2D eigenvalue weighted by Gasteiger charge is 2.09. The van der Waals surface area contributed by atoms with Crippen LogP contribution in [-0.4, -0.2) is 35.5 Å². The molecule has 0 aliphatic carbocycles. The number of hydrogen-bond donors (Lipinski definition) is 1. The molecule has 1 aliphatic heterocycles. The molecule has 0 aromatic carbocycles. The van der Waals surface area contributed by atoms with Crippen molar-refractivity contribution in [1.82, 2.24) is 4.90 Å². The van der Waals surface area contributed by atoms with Crippen LogP contribution in [0, 0.1) is 0 Å². The summed E-state index contributed by atoms with van der Waals surface area (Å²) < 4.78 is 5.79. The molecule has 0 saturated carbocycles. The van der Waals surface area contributed by atoms with E-state index in [-0.39, 0.29) is 0 Å². The standard InChI is InChI=1S/C5H9NOS2.C2H6/c8-5(9)6-1-3-7-4-2-6;1-2/h1-4H2,(H,8,9);1-2H3. The molecule has 0 amide bonds. The molecular formula is C7H15NOS2. The molecule has 1 fully saturated rings. The average molecular weight is 193 g/mol. The van der Waals surface area contributed by atoms with Gasteiger partial charge in [-0.1, -0.05) is 26.1 Å². The summed E-state index contributed by atoms with van der Waals surface area (Å²) in [5.74, 6) is 0. The van der Waals surface area contributed by atoms with E-state index in [1.54, 1.807) is 0 Å². The molecule has 0 N–H and O–H groups in total. The summed E-state index contributed by atoms with van der Waals surface area (Å²) in [5.41, 5.74) is 0. The zero-order valence-electron chi connectivity index (χ0n) is 7.04. The van der Waals surface area contributed by atoms with E-state index in [4.69, 9.17) is 17.0 Å². The van der Waals surface area contributed by atoms with Gasteiger partial charge in [-0.3, -0.25) is 0 Å².